The summed E-state index contributed by atoms with van der Waals surface area (Å²) in [6.07, 6.45) is 0.946. The average molecular weight is 289 g/mol. The van der Waals surface area contributed by atoms with Crippen LogP contribution in [0.5, 0.6) is 5.75 Å². The largest absolute Gasteiger partial charge is 0.497 e. The van der Waals surface area contributed by atoms with E-state index in [0.29, 0.717) is 12.0 Å². The molecule has 0 fully saturated rings. The quantitative estimate of drug-likeness (QED) is 0.850. The van der Waals surface area contributed by atoms with Gasteiger partial charge in [0, 0.05) is 31.6 Å². The highest BCUT2D eigenvalue weighted by atomic mass is 16.5. The summed E-state index contributed by atoms with van der Waals surface area (Å²) < 4.78 is 7.65. The Hall–Kier alpha value is -1.55. The molecule has 0 atom stereocenters. The van der Waals surface area contributed by atoms with Crippen molar-refractivity contribution in [3.05, 3.63) is 24.0 Å². The molecule has 1 aromatic heterocycles. The average Bonchev–Trinajstić information content (AvgIpc) is 2.75. The minimum absolute atomic E-state index is 0.507. The second kappa shape index (κ2) is 6.94. The summed E-state index contributed by atoms with van der Waals surface area (Å²) in [4.78, 5) is 4.81. The third-order valence-electron chi connectivity index (χ3n) is 3.48. The van der Waals surface area contributed by atoms with Gasteiger partial charge in [-0.1, -0.05) is 27.7 Å². The monoisotopic (exact) mass is 289 g/mol. The molecule has 1 aromatic carbocycles. The van der Waals surface area contributed by atoms with Gasteiger partial charge in [0.15, 0.2) is 0 Å². The Balaban J connectivity index is 2.32. The number of ether oxygens (including phenoxy) is 1. The van der Waals surface area contributed by atoms with Gasteiger partial charge >= 0.3 is 0 Å². The standard InChI is InChI=1S/C17H27N3O/c1-12(2)11-20-16-7-6-14(21-5)10-15(16)19-17(20)8-9-18-13(3)4/h6-7,10,12-13,18H,8-9,11H2,1-5H3. The van der Waals surface area contributed by atoms with E-state index in [9.17, 15) is 0 Å². The molecular weight excluding hydrogens is 262 g/mol. The highest BCUT2D eigenvalue weighted by Crippen LogP contribution is 2.23. The van der Waals surface area contributed by atoms with E-state index >= 15 is 0 Å². The molecule has 0 saturated carbocycles. The van der Waals surface area contributed by atoms with E-state index < -0.39 is 0 Å². The summed E-state index contributed by atoms with van der Waals surface area (Å²) in [6, 6.07) is 6.65. The molecule has 1 N–H and O–H groups in total. The number of methoxy groups -OCH3 is 1. The van der Waals surface area contributed by atoms with Gasteiger partial charge in [0.05, 0.1) is 18.1 Å². The Morgan fingerprint density at radius 1 is 1.24 bits per heavy atom. The van der Waals surface area contributed by atoms with Crippen molar-refractivity contribution in [2.24, 2.45) is 5.92 Å². The Bertz CT molecular complexity index is 587. The second-order valence-corrected chi connectivity index (χ2v) is 6.25. The Labute approximate surface area is 127 Å². The fraction of sp³-hybridized carbons (Fsp3) is 0.588. The van der Waals surface area contributed by atoms with Crippen LogP contribution in [0.1, 0.15) is 33.5 Å². The number of rotatable bonds is 7. The molecule has 0 aliphatic heterocycles. The van der Waals surface area contributed by atoms with Crippen LogP contribution in [0.2, 0.25) is 0 Å². The first kappa shape index (κ1) is 15.8. The molecule has 0 saturated heterocycles. The number of imidazole rings is 1. The Kier molecular flexibility index (Phi) is 5.23. The van der Waals surface area contributed by atoms with E-state index in [2.05, 4.69) is 43.6 Å². The van der Waals surface area contributed by atoms with E-state index in [-0.39, 0.29) is 0 Å². The van der Waals surface area contributed by atoms with Crippen LogP contribution in [-0.4, -0.2) is 29.2 Å². The van der Waals surface area contributed by atoms with Crippen LogP contribution in [0.4, 0.5) is 0 Å². The van der Waals surface area contributed by atoms with Crippen LogP contribution in [0.3, 0.4) is 0 Å². The van der Waals surface area contributed by atoms with E-state index in [0.717, 1.165) is 36.6 Å². The molecule has 0 unspecified atom stereocenters. The molecule has 4 nitrogen and oxygen atoms in total. The zero-order chi connectivity index (χ0) is 15.4. The molecule has 0 amide bonds. The number of hydrogen-bond acceptors (Lipinski definition) is 3. The maximum Gasteiger partial charge on any atom is 0.121 e. The number of benzene rings is 1. The molecule has 0 radical (unpaired) electrons. The fourth-order valence-electron chi connectivity index (χ4n) is 2.52. The molecule has 116 valence electrons. The van der Waals surface area contributed by atoms with Gasteiger partial charge in [0.1, 0.15) is 11.6 Å². The lowest BCUT2D eigenvalue weighted by Crippen LogP contribution is -2.26. The Morgan fingerprint density at radius 3 is 2.62 bits per heavy atom. The lowest BCUT2D eigenvalue weighted by atomic mass is 10.2. The lowest BCUT2D eigenvalue weighted by molar-refractivity contribution is 0.415. The minimum Gasteiger partial charge on any atom is -0.497 e. The van der Waals surface area contributed by atoms with Crippen LogP contribution in [0, 0.1) is 5.92 Å². The van der Waals surface area contributed by atoms with Crippen molar-refractivity contribution in [1.82, 2.24) is 14.9 Å². The predicted octanol–water partition coefficient (Wildman–Crippen LogP) is 3.24. The van der Waals surface area contributed by atoms with E-state index in [1.807, 2.05) is 12.1 Å². The third kappa shape index (κ3) is 3.97. The molecule has 0 aliphatic carbocycles. The van der Waals surface area contributed by atoms with Gasteiger partial charge in [-0.15, -0.1) is 0 Å². The third-order valence-corrected chi connectivity index (χ3v) is 3.48. The van der Waals surface area contributed by atoms with Gasteiger partial charge in [-0.3, -0.25) is 0 Å². The molecule has 2 aromatic rings. The van der Waals surface area contributed by atoms with Gasteiger partial charge in [0.2, 0.25) is 0 Å². The van der Waals surface area contributed by atoms with Crippen molar-refractivity contribution in [3.8, 4) is 5.75 Å². The zero-order valence-electron chi connectivity index (χ0n) is 13.8. The van der Waals surface area contributed by atoms with Crippen molar-refractivity contribution in [1.29, 1.82) is 0 Å². The number of hydrogen-bond donors (Lipinski definition) is 1. The maximum atomic E-state index is 5.30. The van der Waals surface area contributed by atoms with Crippen LogP contribution in [0.15, 0.2) is 18.2 Å². The smallest absolute Gasteiger partial charge is 0.121 e. The van der Waals surface area contributed by atoms with Gasteiger partial charge in [-0.2, -0.15) is 0 Å². The predicted molar refractivity (Wildman–Crippen MR) is 88.0 cm³/mol. The molecule has 1 heterocycles. The summed E-state index contributed by atoms with van der Waals surface area (Å²) in [5, 5.41) is 3.46. The first-order valence-electron chi connectivity index (χ1n) is 7.77. The number of fused-ring (bicyclic) bond motifs is 1. The maximum absolute atomic E-state index is 5.30. The first-order valence-corrected chi connectivity index (χ1v) is 7.77. The normalized spacial score (nSPS) is 11.8. The van der Waals surface area contributed by atoms with E-state index in [1.165, 1.54) is 5.52 Å². The van der Waals surface area contributed by atoms with Gasteiger partial charge in [0.25, 0.3) is 0 Å². The second-order valence-electron chi connectivity index (χ2n) is 6.25. The van der Waals surface area contributed by atoms with Gasteiger partial charge < -0.3 is 14.6 Å². The summed E-state index contributed by atoms with van der Waals surface area (Å²) >= 11 is 0. The topological polar surface area (TPSA) is 39.1 Å². The highest BCUT2D eigenvalue weighted by Gasteiger charge is 2.12. The molecule has 21 heavy (non-hydrogen) atoms. The van der Waals surface area contributed by atoms with Crippen molar-refractivity contribution in [2.75, 3.05) is 13.7 Å². The molecular formula is C17H27N3O. The first-order chi connectivity index (χ1) is 10.0. The minimum atomic E-state index is 0.507. The summed E-state index contributed by atoms with van der Waals surface area (Å²) in [5.41, 5.74) is 2.22. The van der Waals surface area contributed by atoms with Crippen LogP contribution in [-0.2, 0) is 13.0 Å². The molecule has 0 bridgehead atoms. The van der Waals surface area contributed by atoms with E-state index in [4.69, 9.17) is 9.72 Å². The summed E-state index contributed by atoms with van der Waals surface area (Å²) in [7, 11) is 1.69. The van der Waals surface area contributed by atoms with Crippen LogP contribution >= 0.6 is 0 Å². The fourth-order valence-corrected chi connectivity index (χ4v) is 2.52. The van der Waals surface area contributed by atoms with Crippen molar-refractivity contribution < 1.29 is 4.74 Å². The summed E-state index contributed by atoms with van der Waals surface area (Å²) in [5.74, 6) is 2.62. The van der Waals surface area contributed by atoms with Crippen molar-refractivity contribution >= 4 is 11.0 Å². The van der Waals surface area contributed by atoms with Crippen LogP contribution in [0.25, 0.3) is 11.0 Å². The number of nitrogens with one attached hydrogen (secondary N) is 1. The number of nitrogens with zero attached hydrogens (tertiary/aromatic N) is 2. The van der Waals surface area contributed by atoms with Crippen molar-refractivity contribution in [2.45, 2.75) is 46.7 Å². The highest BCUT2D eigenvalue weighted by molar-refractivity contribution is 5.77. The SMILES string of the molecule is COc1ccc2c(c1)nc(CCNC(C)C)n2CC(C)C. The van der Waals surface area contributed by atoms with Crippen molar-refractivity contribution in [3.63, 3.8) is 0 Å². The molecule has 0 spiro atoms. The lowest BCUT2D eigenvalue weighted by Gasteiger charge is -2.13. The zero-order valence-corrected chi connectivity index (χ0v) is 13.8. The molecule has 2 rings (SSSR count). The van der Waals surface area contributed by atoms with Gasteiger partial charge in [-0.05, 0) is 18.1 Å². The number of aromatic nitrogens is 2. The van der Waals surface area contributed by atoms with Crippen LogP contribution < -0.4 is 10.1 Å². The summed E-state index contributed by atoms with van der Waals surface area (Å²) in [6.45, 7) is 10.8. The molecule has 0 aliphatic rings. The molecule has 4 heteroatoms. The Morgan fingerprint density at radius 2 is 2.00 bits per heavy atom. The van der Waals surface area contributed by atoms with Gasteiger partial charge in [-0.25, -0.2) is 4.98 Å². The van der Waals surface area contributed by atoms with E-state index in [1.54, 1.807) is 7.11 Å².